The van der Waals surface area contributed by atoms with Gasteiger partial charge in [-0.1, -0.05) is 30.3 Å². The van der Waals surface area contributed by atoms with Crippen LogP contribution in [0.2, 0.25) is 0 Å². The summed E-state index contributed by atoms with van der Waals surface area (Å²) < 4.78 is 31.8. The third kappa shape index (κ3) is 4.59. The third-order valence-corrected chi connectivity index (χ3v) is 7.33. The molecule has 0 atom stereocenters. The SMILES string of the molecule is COC(=O)c1cccc([N+](=O)[O-])c1-c1ccc(-c2sccc2NS(=O)(=O)C(C)C)cc1. The van der Waals surface area contributed by atoms with Gasteiger partial charge in [0.1, 0.15) is 0 Å². The van der Waals surface area contributed by atoms with E-state index in [1.165, 1.54) is 36.6 Å². The molecule has 162 valence electrons. The Balaban J connectivity index is 2.05. The third-order valence-electron chi connectivity index (χ3n) is 4.62. The predicted octanol–water partition coefficient (Wildman–Crippen LogP) is 4.93. The summed E-state index contributed by atoms with van der Waals surface area (Å²) in [6.07, 6.45) is 0. The fourth-order valence-corrected chi connectivity index (χ4v) is 4.58. The molecule has 0 spiro atoms. The molecule has 0 aliphatic heterocycles. The van der Waals surface area contributed by atoms with Crippen LogP contribution < -0.4 is 4.72 Å². The summed E-state index contributed by atoms with van der Waals surface area (Å²) in [6.45, 7) is 3.18. The van der Waals surface area contributed by atoms with Crippen molar-refractivity contribution >= 4 is 38.7 Å². The van der Waals surface area contributed by atoms with E-state index >= 15 is 0 Å². The highest BCUT2D eigenvalue weighted by molar-refractivity contribution is 7.93. The number of nitrogens with one attached hydrogen (secondary N) is 1. The van der Waals surface area contributed by atoms with Gasteiger partial charge in [-0.3, -0.25) is 14.8 Å². The number of hydrogen-bond donors (Lipinski definition) is 1. The number of sulfonamides is 1. The number of anilines is 1. The molecular weight excluding hydrogens is 440 g/mol. The van der Waals surface area contributed by atoms with Gasteiger partial charge in [-0.05, 0) is 42.5 Å². The monoisotopic (exact) mass is 460 g/mol. The molecule has 8 nitrogen and oxygen atoms in total. The highest BCUT2D eigenvalue weighted by atomic mass is 32.2. The van der Waals surface area contributed by atoms with E-state index in [0.29, 0.717) is 16.1 Å². The normalized spacial score (nSPS) is 11.4. The van der Waals surface area contributed by atoms with Crippen LogP contribution in [0.15, 0.2) is 53.9 Å². The average Bonchev–Trinajstić information content (AvgIpc) is 3.19. The van der Waals surface area contributed by atoms with Crippen molar-refractivity contribution in [2.45, 2.75) is 19.1 Å². The van der Waals surface area contributed by atoms with Crippen LogP contribution in [0.5, 0.6) is 0 Å². The molecule has 0 unspecified atom stereocenters. The second-order valence-electron chi connectivity index (χ2n) is 6.88. The minimum Gasteiger partial charge on any atom is -0.465 e. The van der Waals surface area contributed by atoms with Crippen molar-refractivity contribution in [2.75, 3.05) is 11.8 Å². The lowest BCUT2D eigenvalue weighted by Crippen LogP contribution is -2.22. The minimum absolute atomic E-state index is 0.0888. The topological polar surface area (TPSA) is 116 Å². The Labute approximate surface area is 183 Å². The standard InChI is InChI=1S/C21H20N2O6S2/c1-13(2)31(27,28)22-17-11-12-30-20(17)15-9-7-14(8-10-15)19-16(21(24)29-3)5-4-6-18(19)23(25)26/h4-13,22H,1-3H3. The van der Waals surface area contributed by atoms with Crippen molar-refractivity contribution in [3.8, 4) is 21.6 Å². The Hall–Kier alpha value is -3.24. The Bertz CT molecular complexity index is 1230. The van der Waals surface area contributed by atoms with Crippen molar-refractivity contribution in [3.63, 3.8) is 0 Å². The second kappa shape index (κ2) is 8.86. The smallest absolute Gasteiger partial charge is 0.338 e. The largest absolute Gasteiger partial charge is 0.465 e. The quantitative estimate of drug-likeness (QED) is 0.304. The maximum Gasteiger partial charge on any atom is 0.338 e. The minimum atomic E-state index is -3.51. The summed E-state index contributed by atoms with van der Waals surface area (Å²) in [5, 5.41) is 12.7. The molecule has 31 heavy (non-hydrogen) atoms. The number of benzene rings is 2. The van der Waals surface area contributed by atoms with Crippen LogP contribution in [0.25, 0.3) is 21.6 Å². The molecule has 0 saturated carbocycles. The van der Waals surface area contributed by atoms with Gasteiger partial charge in [0.2, 0.25) is 10.0 Å². The summed E-state index contributed by atoms with van der Waals surface area (Å²) in [5.74, 6) is -0.675. The number of thiophene rings is 1. The predicted molar refractivity (Wildman–Crippen MR) is 121 cm³/mol. The summed E-state index contributed by atoms with van der Waals surface area (Å²) >= 11 is 1.37. The molecule has 0 aliphatic rings. The first-order valence-electron chi connectivity index (χ1n) is 9.21. The Morgan fingerprint density at radius 3 is 2.32 bits per heavy atom. The van der Waals surface area contributed by atoms with Crippen molar-refractivity contribution in [2.24, 2.45) is 0 Å². The molecule has 0 aliphatic carbocycles. The van der Waals surface area contributed by atoms with E-state index in [-0.39, 0.29) is 16.8 Å². The van der Waals surface area contributed by atoms with E-state index in [1.807, 2.05) is 0 Å². The maximum atomic E-state index is 12.2. The molecule has 2 aromatic carbocycles. The van der Waals surface area contributed by atoms with E-state index in [9.17, 15) is 23.3 Å². The first-order chi connectivity index (χ1) is 14.7. The molecule has 3 aromatic rings. The van der Waals surface area contributed by atoms with E-state index < -0.39 is 26.2 Å². The fourth-order valence-electron chi connectivity index (χ4n) is 2.95. The summed E-state index contributed by atoms with van der Waals surface area (Å²) in [7, 11) is -2.29. The number of nitro benzene ring substituents is 1. The number of esters is 1. The molecule has 10 heteroatoms. The molecule has 0 amide bonds. The first-order valence-corrected chi connectivity index (χ1v) is 11.6. The maximum absolute atomic E-state index is 12.2. The highest BCUT2D eigenvalue weighted by Crippen LogP contribution is 2.38. The Kier molecular flexibility index (Phi) is 6.42. The van der Waals surface area contributed by atoms with E-state index in [1.54, 1.807) is 49.6 Å². The number of rotatable bonds is 7. The average molecular weight is 461 g/mol. The summed E-state index contributed by atoms with van der Waals surface area (Å²) in [4.78, 5) is 23.9. The molecular formula is C21H20N2O6S2. The lowest BCUT2D eigenvalue weighted by molar-refractivity contribution is -0.384. The van der Waals surface area contributed by atoms with Gasteiger partial charge < -0.3 is 4.74 Å². The molecule has 1 aromatic heterocycles. The zero-order chi connectivity index (χ0) is 22.8. The number of carbonyl (C=O) groups excluding carboxylic acids is 1. The van der Waals surface area contributed by atoms with Crippen LogP contribution in [-0.4, -0.2) is 31.7 Å². The van der Waals surface area contributed by atoms with Gasteiger partial charge in [0.05, 0.1) is 39.0 Å². The number of carbonyl (C=O) groups is 1. The number of nitrogens with zero attached hydrogens (tertiary/aromatic N) is 1. The van der Waals surface area contributed by atoms with Gasteiger partial charge >= 0.3 is 5.97 Å². The van der Waals surface area contributed by atoms with Crippen LogP contribution in [0, 0.1) is 10.1 Å². The lowest BCUT2D eigenvalue weighted by atomic mass is 9.96. The van der Waals surface area contributed by atoms with Gasteiger partial charge in [-0.15, -0.1) is 11.3 Å². The summed E-state index contributed by atoms with van der Waals surface area (Å²) in [5.41, 5.74) is 1.71. The van der Waals surface area contributed by atoms with Crippen molar-refractivity contribution < 1.29 is 22.9 Å². The molecule has 0 bridgehead atoms. The van der Waals surface area contributed by atoms with Gasteiger partial charge in [0.15, 0.2) is 0 Å². The Morgan fingerprint density at radius 1 is 1.10 bits per heavy atom. The number of hydrogen-bond acceptors (Lipinski definition) is 7. The van der Waals surface area contributed by atoms with Gasteiger partial charge in [-0.2, -0.15) is 0 Å². The molecule has 3 rings (SSSR count). The molecule has 0 saturated heterocycles. The molecule has 1 N–H and O–H groups in total. The Morgan fingerprint density at radius 2 is 1.74 bits per heavy atom. The van der Waals surface area contributed by atoms with Crippen LogP contribution in [0.3, 0.4) is 0 Å². The highest BCUT2D eigenvalue weighted by Gasteiger charge is 2.24. The molecule has 0 fully saturated rings. The van der Waals surface area contributed by atoms with Crippen molar-refractivity contribution in [1.82, 2.24) is 0 Å². The van der Waals surface area contributed by atoms with Gasteiger partial charge in [0, 0.05) is 6.07 Å². The van der Waals surface area contributed by atoms with Crippen molar-refractivity contribution in [1.29, 1.82) is 0 Å². The number of nitro groups is 1. The van der Waals surface area contributed by atoms with Crippen molar-refractivity contribution in [3.05, 3.63) is 69.6 Å². The fraction of sp³-hybridized carbons (Fsp3) is 0.190. The molecule has 0 radical (unpaired) electrons. The van der Waals surface area contributed by atoms with Gasteiger partial charge in [0.25, 0.3) is 5.69 Å². The van der Waals surface area contributed by atoms with Crippen LogP contribution in [0.1, 0.15) is 24.2 Å². The number of ether oxygens (including phenoxy) is 1. The van der Waals surface area contributed by atoms with E-state index in [4.69, 9.17) is 4.74 Å². The zero-order valence-corrected chi connectivity index (χ0v) is 18.6. The zero-order valence-electron chi connectivity index (χ0n) is 17.0. The lowest BCUT2D eigenvalue weighted by Gasteiger charge is -2.12. The molecule has 1 heterocycles. The van der Waals surface area contributed by atoms with Gasteiger partial charge in [-0.25, -0.2) is 13.2 Å². The first kappa shape index (κ1) is 22.4. The second-order valence-corrected chi connectivity index (χ2v) is 10.0. The summed E-state index contributed by atoms with van der Waals surface area (Å²) in [6, 6.07) is 12.7. The van der Waals surface area contributed by atoms with Crippen LogP contribution in [-0.2, 0) is 14.8 Å². The van der Waals surface area contributed by atoms with Crippen LogP contribution >= 0.6 is 11.3 Å². The van der Waals surface area contributed by atoms with Crippen LogP contribution in [0.4, 0.5) is 11.4 Å². The van der Waals surface area contributed by atoms with E-state index in [2.05, 4.69) is 4.72 Å². The number of methoxy groups -OCH3 is 1. The van der Waals surface area contributed by atoms with E-state index in [0.717, 1.165) is 5.56 Å².